The van der Waals surface area contributed by atoms with E-state index < -0.39 is 5.82 Å². The molecule has 0 spiro atoms. The van der Waals surface area contributed by atoms with Crippen LogP contribution in [0.1, 0.15) is 32.6 Å². The van der Waals surface area contributed by atoms with E-state index in [1.165, 1.54) is 6.07 Å². The Bertz CT molecular complexity index is 639. The number of ketones is 1. The van der Waals surface area contributed by atoms with Crippen LogP contribution in [-0.4, -0.2) is 5.78 Å². The molecule has 19 heavy (non-hydrogen) atoms. The lowest BCUT2D eigenvalue weighted by atomic mass is 9.94. The second-order valence-electron chi connectivity index (χ2n) is 4.73. The van der Waals surface area contributed by atoms with Crippen LogP contribution in [0.4, 0.5) is 4.39 Å². The van der Waals surface area contributed by atoms with Gasteiger partial charge in [0, 0.05) is 10.6 Å². The fourth-order valence-corrected chi connectivity index (χ4v) is 2.35. The van der Waals surface area contributed by atoms with E-state index >= 15 is 0 Å². The maximum absolute atomic E-state index is 14.0. The van der Waals surface area contributed by atoms with Gasteiger partial charge < -0.3 is 0 Å². The van der Waals surface area contributed by atoms with Crippen molar-refractivity contribution in [1.29, 1.82) is 0 Å². The molecule has 0 N–H and O–H groups in total. The molecule has 0 aliphatic heterocycles. The van der Waals surface area contributed by atoms with Crippen LogP contribution < -0.4 is 0 Å². The molecule has 0 atom stereocenters. The largest absolute Gasteiger partial charge is 0.288 e. The molecule has 0 unspecified atom stereocenters. The van der Waals surface area contributed by atoms with Crippen LogP contribution in [0.3, 0.4) is 0 Å². The average Bonchev–Trinajstić information content (AvgIpc) is 2.30. The van der Waals surface area contributed by atoms with Crippen LogP contribution >= 0.6 is 11.6 Å². The topological polar surface area (TPSA) is 17.1 Å². The Hall–Kier alpha value is -1.67. The molecular formula is C16H14ClFO. The third-order valence-electron chi connectivity index (χ3n) is 3.10. The number of benzene rings is 2. The van der Waals surface area contributed by atoms with E-state index in [1.54, 1.807) is 38.1 Å². The molecule has 0 radical (unpaired) electrons. The monoisotopic (exact) mass is 276 g/mol. The molecule has 0 saturated heterocycles. The molecule has 0 heterocycles. The average molecular weight is 277 g/mol. The van der Waals surface area contributed by atoms with Gasteiger partial charge in [0.05, 0.1) is 5.56 Å². The van der Waals surface area contributed by atoms with E-state index in [4.69, 9.17) is 11.6 Å². The van der Waals surface area contributed by atoms with Gasteiger partial charge in [-0.2, -0.15) is 0 Å². The van der Waals surface area contributed by atoms with Crippen LogP contribution in [0.2, 0.25) is 5.02 Å². The van der Waals surface area contributed by atoms with E-state index in [-0.39, 0.29) is 11.3 Å². The summed E-state index contributed by atoms with van der Waals surface area (Å²) < 4.78 is 14.0. The van der Waals surface area contributed by atoms with Gasteiger partial charge in [0.1, 0.15) is 5.82 Å². The number of rotatable bonds is 2. The Morgan fingerprint density at radius 3 is 2.37 bits per heavy atom. The van der Waals surface area contributed by atoms with Gasteiger partial charge in [-0.15, -0.1) is 0 Å². The summed E-state index contributed by atoms with van der Waals surface area (Å²) in [4.78, 5) is 12.5. The predicted octanol–water partition coefficient (Wildman–Crippen LogP) is 4.64. The van der Waals surface area contributed by atoms with Gasteiger partial charge in [0.25, 0.3) is 0 Å². The highest BCUT2D eigenvalue weighted by Gasteiger charge is 2.19. The highest BCUT2D eigenvalue weighted by atomic mass is 35.5. The van der Waals surface area contributed by atoms with Crippen molar-refractivity contribution in [3.05, 3.63) is 69.0 Å². The molecule has 0 aliphatic rings. The summed E-state index contributed by atoms with van der Waals surface area (Å²) in [5.74, 6) is -0.808. The number of halogens is 2. The molecule has 2 rings (SSSR count). The Balaban J connectivity index is 2.59. The molecule has 2 aromatic carbocycles. The zero-order valence-corrected chi connectivity index (χ0v) is 11.8. The molecule has 3 heteroatoms. The smallest absolute Gasteiger partial charge is 0.196 e. The minimum Gasteiger partial charge on any atom is -0.288 e. The van der Waals surface area contributed by atoms with Gasteiger partial charge in [-0.1, -0.05) is 23.7 Å². The van der Waals surface area contributed by atoms with E-state index in [0.717, 1.165) is 11.1 Å². The van der Waals surface area contributed by atoms with Gasteiger partial charge >= 0.3 is 0 Å². The third kappa shape index (κ3) is 2.69. The van der Waals surface area contributed by atoms with Gasteiger partial charge in [0.2, 0.25) is 0 Å². The molecule has 2 aromatic rings. The molecule has 0 fully saturated rings. The van der Waals surface area contributed by atoms with Crippen molar-refractivity contribution in [2.75, 3.05) is 0 Å². The number of carbonyl (C=O) groups is 1. The van der Waals surface area contributed by atoms with Gasteiger partial charge in [0.15, 0.2) is 5.78 Å². The Morgan fingerprint density at radius 2 is 1.74 bits per heavy atom. The first kappa shape index (κ1) is 13.8. The van der Waals surface area contributed by atoms with Crippen molar-refractivity contribution in [3.63, 3.8) is 0 Å². The van der Waals surface area contributed by atoms with Crippen LogP contribution in [0.25, 0.3) is 0 Å². The minimum atomic E-state index is -0.484. The highest BCUT2D eigenvalue weighted by Crippen LogP contribution is 2.23. The first-order valence-corrected chi connectivity index (χ1v) is 6.35. The van der Waals surface area contributed by atoms with Crippen molar-refractivity contribution in [2.45, 2.75) is 20.8 Å². The normalized spacial score (nSPS) is 10.6. The van der Waals surface area contributed by atoms with Crippen LogP contribution in [0.15, 0.2) is 30.3 Å². The number of carbonyl (C=O) groups excluding carboxylic acids is 1. The maximum atomic E-state index is 14.0. The van der Waals surface area contributed by atoms with Crippen molar-refractivity contribution in [3.8, 4) is 0 Å². The second kappa shape index (κ2) is 5.14. The Labute approximate surface area is 117 Å². The molecular weight excluding hydrogens is 263 g/mol. The van der Waals surface area contributed by atoms with E-state index in [2.05, 4.69) is 0 Å². The lowest BCUT2D eigenvalue weighted by Gasteiger charge is -2.10. The zero-order valence-electron chi connectivity index (χ0n) is 11.1. The summed E-state index contributed by atoms with van der Waals surface area (Å²) in [7, 11) is 0. The summed E-state index contributed by atoms with van der Waals surface area (Å²) in [5.41, 5.74) is 2.79. The van der Waals surface area contributed by atoms with Crippen LogP contribution in [-0.2, 0) is 0 Å². The molecule has 0 aliphatic carbocycles. The summed E-state index contributed by atoms with van der Waals surface area (Å²) in [6.45, 7) is 5.35. The van der Waals surface area contributed by atoms with Crippen molar-refractivity contribution < 1.29 is 9.18 Å². The standard InChI is InChI=1S/C16H14ClFO/c1-9-6-11(3)15(14(18)7-9)16(19)13-8-12(17)5-4-10(13)2/h4-8H,1-3H3. The first-order chi connectivity index (χ1) is 8.90. The van der Waals surface area contributed by atoms with Crippen molar-refractivity contribution >= 4 is 17.4 Å². The predicted molar refractivity (Wildman–Crippen MR) is 75.5 cm³/mol. The molecule has 0 aromatic heterocycles. The summed E-state index contributed by atoms with van der Waals surface area (Å²) >= 11 is 5.91. The Kier molecular flexibility index (Phi) is 3.72. The van der Waals surface area contributed by atoms with Crippen molar-refractivity contribution in [1.82, 2.24) is 0 Å². The molecule has 0 bridgehead atoms. The molecule has 0 saturated carbocycles. The Morgan fingerprint density at radius 1 is 1.05 bits per heavy atom. The highest BCUT2D eigenvalue weighted by molar-refractivity contribution is 6.31. The number of hydrogen-bond acceptors (Lipinski definition) is 1. The van der Waals surface area contributed by atoms with Gasteiger partial charge in [-0.25, -0.2) is 4.39 Å². The van der Waals surface area contributed by atoms with Crippen LogP contribution in [0, 0.1) is 26.6 Å². The molecule has 98 valence electrons. The van der Waals surface area contributed by atoms with Gasteiger partial charge in [-0.3, -0.25) is 4.79 Å². The second-order valence-corrected chi connectivity index (χ2v) is 5.16. The molecule has 1 nitrogen and oxygen atoms in total. The van der Waals surface area contributed by atoms with Gasteiger partial charge in [-0.05, 0) is 55.7 Å². The van der Waals surface area contributed by atoms with Crippen molar-refractivity contribution in [2.24, 2.45) is 0 Å². The summed E-state index contributed by atoms with van der Waals surface area (Å²) in [6.07, 6.45) is 0. The van der Waals surface area contributed by atoms with E-state index in [1.807, 2.05) is 6.92 Å². The van der Waals surface area contributed by atoms with E-state index in [0.29, 0.717) is 16.1 Å². The summed E-state index contributed by atoms with van der Waals surface area (Å²) in [5, 5.41) is 0.471. The summed E-state index contributed by atoms with van der Waals surface area (Å²) in [6, 6.07) is 8.23. The lowest BCUT2D eigenvalue weighted by Crippen LogP contribution is -2.09. The van der Waals surface area contributed by atoms with E-state index in [9.17, 15) is 9.18 Å². The fraction of sp³-hybridized carbons (Fsp3) is 0.188. The van der Waals surface area contributed by atoms with Crippen LogP contribution in [0.5, 0.6) is 0 Å². The lowest BCUT2D eigenvalue weighted by molar-refractivity contribution is 0.103. The number of aryl methyl sites for hydroxylation is 3. The molecule has 0 amide bonds. The number of hydrogen-bond donors (Lipinski definition) is 0. The first-order valence-electron chi connectivity index (χ1n) is 5.97. The maximum Gasteiger partial charge on any atom is 0.196 e. The SMILES string of the molecule is Cc1cc(C)c(C(=O)c2cc(Cl)ccc2C)c(F)c1. The fourth-order valence-electron chi connectivity index (χ4n) is 2.18. The zero-order chi connectivity index (χ0) is 14.2. The third-order valence-corrected chi connectivity index (χ3v) is 3.34. The quantitative estimate of drug-likeness (QED) is 0.731. The minimum absolute atomic E-state index is 0.121.